The SMILES string of the molecule is CC[C@@H](C)/C=N\C(=N/C)c1cc(C)cc(C(F)(F)F)c1. The molecule has 0 fully saturated rings. The van der Waals surface area contributed by atoms with Gasteiger partial charge in [0.2, 0.25) is 0 Å². The zero-order valence-electron chi connectivity index (χ0n) is 12.1. The standard InChI is InChI=1S/C15H19F3N2/c1-5-10(2)9-20-14(19-4)12-6-11(3)7-13(8-12)15(16,17)18/h6-10H,5H2,1-4H3/b19-14-,20-9-/t10-/m1/s1. The van der Waals surface area contributed by atoms with Crippen molar-refractivity contribution in [3.05, 3.63) is 34.9 Å². The van der Waals surface area contributed by atoms with Gasteiger partial charge in [-0.15, -0.1) is 0 Å². The van der Waals surface area contributed by atoms with E-state index in [4.69, 9.17) is 0 Å². The van der Waals surface area contributed by atoms with E-state index < -0.39 is 11.7 Å². The number of aliphatic imine (C=N–C) groups is 2. The van der Waals surface area contributed by atoms with Crippen LogP contribution in [0.1, 0.15) is 37.0 Å². The van der Waals surface area contributed by atoms with Crippen LogP contribution in [0.2, 0.25) is 0 Å². The molecule has 0 aliphatic rings. The Morgan fingerprint density at radius 3 is 2.45 bits per heavy atom. The fourth-order valence-electron chi connectivity index (χ4n) is 1.64. The molecule has 0 saturated heterocycles. The molecule has 5 heteroatoms. The van der Waals surface area contributed by atoms with Gasteiger partial charge in [-0.25, -0.2) is 4.99 Å². The summed E-state index contributed by atoms with van der Waals surface area (Å²) < 4.78 is 38.4. The topological polar surface area (TPSA) is 24.7 Å². The number of hydrogen-bond acceptors (Lipinski definition) is 1. The van der Waals surface area contributed by atoms with Gasteiger partial charge >= 0.3 is 6.18 Å². The third kappa shape index (κ3) is 4.47. The fourth-order valence-corrected chi connectivity index (χ4v) is 1.64. The Morgan fingerprint density at radius 2 is 1.95 bits per heavy atom. The third-order valence-corrected chi connectivity index (χ3v) is 2.97. The predicted octanol–water partition coefficient (Wildman–Crippen LogP) is 4.51. The van der Waals surface area contributed by atoms with Crippen LogP contribution in [0.15, 0.2) is 28.2 Å². The summed E-state index contributed by atoms with van der Waals surface area (Å²) in [5.74, 6) is 0.582. The van der Waals surface area contributed by atoms with Gasteiger partial charge in [0.05, 0.1) is 5.56 Å². The first kappa shape index (κ1) is 16.4. The number of benzene rings is 1. The van der Waals surface area contributed by atoms with E-state index in [1.165, 1.54) is 7.05 Å². The summed E-state index contributed by atoms with van der Waals surface area (Å²) in [7, 11) is 1.53. The molecule has 0 radical (unpaired) electrons. The molecule has 0 saturated carbocycles. The van der Waals surface area contributed by atoms with Crippen LogP contribution < -0.4 is 0 Å². The van der Waals surface area contributed by atoms with E-state index >= 15 is 0 Å². The average Bonchev–Trinajstić information content (AvgIpc) is 2.37. The number of alkyl halides is 3. The number of rotatable bonds is 3. The van der Waals surface area contributed by atoms with Gasteiger partial charge < -0.3 is 0 Å². The van der Waals surface area contributed by atoms with Crippen molar-refractivity contribution >= 4 is 12.1 Å². The van der Waals surface area contributed by atoms with Crippen molar-refractivity contribution in [2.75, 3.05) is 7.05 Å². The average molecular weight is 284 g/mol. The monoisotopic (exact) mass is 284 g/mol. The molecule has 110 valence electrons. The zero-order valence-corrected chi connectivity index (χ0v) is 12.1. The highest BCUT2D eigenvalue weighted by Crippen LogP contribution is 2.30. The molecule has 1 aromatic carbocycles. The predicted molar refractivity (Wildman–Crippen MR) is 76.6 cm³/mol. The van der Waals surface area contributed by atoms with Crippen molar-refractivity contribution in [1.29, 1.82) is 0 Å². The van der Waals surface area contributed by atoms with Crippen molar-refractivity contribution in [1.82, 2.24) is 0 Å². The first-order valence-corrected chi connectivity index (χ1v) is 6.48. The Kier molecular flexibility index (Phi) is 5.48. The minimum Gasteiger partial charge on any atom is -0.270 e. The van der Waals surface area contributed by atoms with Crippen LogP contribution in [0, 0.1) is 12.8 Å². The summed E-state index contributed by atoms with van der Waals surface area (Å²) in [6.07, 6.45) is -1.72. The maximum absolute atomic E-state index is 12.8. The summed E-state index contributed by atoms with van der Waals surface area (Å²) in [5, 5.41) is 0. The summed E-state index contributed by atoms with van der Waals surface area (Å²) in [6.45, 7) is 5.65. The van der Waals surface area contributed by atoms with Crippen molar-refractivity contribution in [3.63, 3.8) is 0 Å². The molecule has 0 amide bonds. The molecule has 0 N–H and O–H groups in total. The Hall–Kier alpha value is -1.65. The first-order valence-electron chi connectivity index (χ1n) is 6.48. The maximum atomic E-state index is 12.8. The molecule has 0 spiro atoms. The van der Waals surface area contributed by atoms with Gasteiger partial charge in [0.15, 0.2) is 5.84 Å². The van der Waals surface area contributed by atoms with Crippen LogP contribution in [0.3, 0.4) is 0 Å². The van der Waals surface area contributed by atoms with Crippen LogP contribution in [0.25, 0.3) is 0 Å². The second-order valence-electron chi connectivity index (χ2n) is 4.80. The second kappa shape index (κ2) is 6.68. The van der Waals surface area contributed by atoms with Gasteiger partial charge in [0, 0.05) is 18.8 Å². The molecule has 0 bridgehead atoms. The Morgan fingerprint density at radius 1 is 1.30 bits per heavy atom. The van der Waals surface area contributed by atoms with E-state index in [0.717, 1.165) is 18.6 Å². The van der Waals surface area contributed by atoms with Crippen molar-refractivity contribution < 1.29 is 13.2 Å². The highest BCUT2D eigenvalue weighted by molar-refractivity contribution is 6.03. The van der Waals surface area contributed by atoms with E-state index in [9.17, 15) is 13.2 Å². The molecule has 1 rings (SSSR count). The Labute approximate surface area is 117 Å². The molecule has 0 heterocycles. The largest absolute Gasteiger partial charge is 0.416 e. The first-order chi connectivity index (χ1) is 9.27. The molecule has 0 aliphatic heterocycles. The Bertz CT molecular complexity index is 516. The molecular weight excluding hydrogens is 265 g/mol. The number of amidine groups is 1. The molecule has 1 aromatic rings. The third-order valence-electron chi connectivity index (χ3n) is 2.97. The summed E-state index contributed by atoms with van der Waals surface area (Å²) in [6, 6.07) is 3.87. The van der Waals surface area contributed by atoms with Crippen molar-refractivity contribution in [2.24, 2.45) is 15.9 Å². The van der Waals surface area contributed by atoms with Crippen LogP contribution >= 0.6 is 0 Å². The molecular formula is C15H19F3N2. The van der Waals surface area contributed by atoms with Gasteiger partial charge in [-0.1, -0.05) is 13.8 Å². The summed E-state index contributed by atoms with van der Waals surface area (Å²) in [5.41, 5.74) is 0.251. The Balaban J connectivity index is 3.17. The minimum absolute atomic E-state index is 0.263. The number of aryl methyl sites for hydroxylation is 1. The minimum atomic E-state index is -4.36. The van der Waals surface area contributed by atoms with Gasteiger partial charge in [0.1, 0.15) is 0 Å². The van der Waals surface area contributed by atoms with Crippen molar-refractivity contribution in [2.45, 2.75) is 33.4 Å². The molecule has 1 atom stereocenters. The van der Waals surface area contributed by atoms with Gasteiger partial charge in [-0.2, -0.15) is 13.2 Å². The van der Waals surface area contributed by atoms with Gasteiger partial charge in [-0.3, -0.25) is 4.99 Å². The lowest BCUT2D eigenvalue weighted by Gasteiger charge is -2.10. The summed E-state index contributed by atoms with van der Waals surface area (Å²) in [4.78, 5) is 8.19. The molecule has 0 unspecified atom stereocenters. The normalized spacial score (nSPS) is 14.8. The lowest BCUT2D eigenvalue weighted by atomic mass is 10.1. The number of halogens is 3. The van der Waals surface area contributed by atoms with E-state index in [2.05, 4.69) is 9.98 Å². The quantitative estimate of drug-likeness (QED) is 0.576. The van der Waals surface area contributed by atoms with E-state index in [0.29, 0.717) is 17.0 Å². The highest BCUT2D eigenvalue weighted by atomic mass is 19.4. The fraction of sp³-hybridized carbons (Fsp3) is 0.467. The molecule has 20 heavy (non-hydrogen) atoms. The van der Waals surface area contributed by atoms with Gasteiger partial charge in [0.25, 0.3) is 0 Å². The lowest BCUT2D eigenvalue weighted by Crippen LogP contribution is -2.08. The smallest absolute Gasteiger partial charge is 0.270 e. The molecule has 0 aromatic heterocycles. The number of hydrogen-bond donors (Lipinski definition) is 0. The van der Waals surface area contributed by atoms with E-state index in [-0.39, 0.29) is 5.92 Å². The van der Waals surface area contributed by atoms with E-state index in [1.54, 1.807) is 19.2 Å². The maximum Gasteiger partial charge on any atom is 0.416 e. The highest BCUT2D eigenvalue weighted by Gasteiger charge is 2.31. The lowest BCUT2D eigenvalue weighted by molar-refractivity contribution is -0.137. The van der Waals surface area contributed by atoms with Crippen LogP contribution in [0.5, 0.6) is 0 Å². The van der Waals surface area contributed by atoms with Crippen LogP contribution in [0.4, 0.5) is 13.2 Å². The summed E-state index contributed by atoms with van der Waals surface area (Å²) >= 11 is 0. The van der Waals surface area contributed by atoms with Crippen molar-refractivity contribution in [3.8, 4) is 0 Å². The van der Waals surface area contributed by atoms with Gasteiger partial charge in [-0.05, 0) is 43.0 Å². The zero-order chi connectivity index (χ0) is 15.3. The van der Waals surface area contributed by atoms with Crippen LogP contribution in [-0.2, 0) is 6.18 Å². The number of nitrogens with zero attached hydrogens (tertiary/aromatic N) is 2. The second-order valence-corrected chi connectivity index (χ2v) is 4.80. The van der Waals surface area contributed by atoms with E-state index in [1.807, 2.05) is 13.8 Å². The molecule has 0 aliphatic carbocycles. The van der Waals surface area contributed by atoms with Crippen LogP contribution in [-0.4, -0.2) is 19.1 Å². The molecule has 2 nitrogen and oxygen atoms in total.